The number of thiophene rings is 1. The summed E-state index contributed by atoms with van der Waals surface area (Å²) in [6.07, 6.45) is 1.27. The van der Waals surface area contributed by atoms with E-state index in [1.54, 1.807) is 0 Å². The van der Waals surface area contributed by atoms with Gasteiger partial charge in [0.05, 0.1) is 23.7 Å². The number of nitrogens with zero attached hydrogens (tertiary/aromatic N) is 2. The van der Waals surface area contributed by atoms with Crippen LogP contribution in [0, 0.1) is 6.92 Å². The zero-order valence-corrected chi connectivity index (χ0v) is 12.9. The lowest BCUT2D eigenvalue weighted by Crippen LogP contribution is -2.36. The quantitative estimate of drug-likeness (QED) is 0.738. The monoisotopic (exact) mass is 313 g/mol. The molecule has 0 aliphatic rings. The van der Waals surface area contributed by atoms with Crippen molar-refractivity contribution in [2.45, 2.75) is 19.9 Å². The Morgan fingerprint density at radius 2 is 2.00 bits per heavy atom. The minimum Gasteiger partial charge on any atom is -0.548 e. The molecule has 0 saturated heterocycles. The maximum Gasteiger partial charge on any atom is 0.263 e. The lowest BCUT2D eigenvalue weighted by Gasteiger charge is -2.15. The fourth-order valence-electron chi connectivity index (χ4n) is 2.46. The fourth-order valence-corrected chi connectivity index (χ4v) is 3.46. The van der Waals surface area contributed by atoms with Crippen molar-refractivity contribution in [2.24, 2.45) is 0 Å². The van der Waals surface area contributed by atoms with Crippen LogP contribution in [0.4, 0.5) is 0 Å². The average Bonchev–Trinajstić information content (AvgIpc) is 2.85. The van der Waals surface area contributed by atoms with Gasteiger partial charge in [0.2, 0.25) is 0 Å². The summed E-state index contributed by atoms with van der Waals surface area (Å²) in [6.45, 7) is 3.34. The van der Waals surface area contributed by atoms with Gasteiger partial charge in [-0.05, 0) is 19.4 Å². The first-order valence-electron chi connectivity index (χ1n) is 6.77. The summed E-state index contributed by atoms with van der Waals surface area (Å²) in [7, 11) is 0. The molecule has 3 rings (SSSR count). The van der Waals surface area contributed by atoms with E-state index in [0.717, 1.165) is 20.6 Å². The molecule has 112 valence electrons. The third-order valence-corrected chi connectivity index (χ3v) is 4.65. The summed E-state index contributed by atoms with van der Waals surface area (Å²) in [5, 5.41) is 11.5. The summed E-state index contributed by atoms with van der Waals surface area (Å²) >= 11 is 1.43. The molecule has 22 heavy (non-hydrogen) atoms. The lowest BCUT2D eigenvalue weighted by atomic mass is 10.0. The number of carbonyl (C=O) groups excluding carboxylic acids is 1. The van der Waals surface area contributed by atoms with E-state index in [9.17, 15) is 14.7 Å². The van der Waals surface area contributed by atoms with E-state index >= 15 is 0 Å². The molecule has 0 amide bonds. The number of carbonyl (C=O) groups is 1. The number of fused-ring (bicyclic) bond motifs is 1. The minimum absolute atomic E-state index is 0.357. The molecule has 0 fully saturated rings. The van der Waals surface area contributed by atoms with Crippen LogP contribution in [0.5, 0.6) is 0 Å². The Kier molecular flexibility index (Phi) is 3.54. The Bertz CT molecular complexity index is 912. The van der Waals surface area contributed by atoms with Crippen molar-refractivity contribution in [1.29, 1.82) is 0 Å². The van der Waals surface area contributed by atoms with Crippen molar-refractivity contribution in [2.75, 3.05) is 0 Å². The number of rotatable bonds is 3. The van der Waals surface area contributed by atoms with Gasteiger partial charge in [0, 0.05) is 10.4 Å². The molecule has 0 radical (unpaired) electrons. The molecule has 1 aromatic carbocycles. The highest BCUT2D eigenvalue weighted by molar-refractivity contribution is 7.19. The predicted molar refractivity (Wildman–Crippen MR) is 83.8 cm³/mol. The SMILES string of the molecule is Cc1sc2ncn(C(C)C(=O)[O-])c(=O)c2c1-c1ccccc1. The maximum absolute atomic E-state index is 12.7. The third kappa shape index (κ3) is 2.21. The second kappa shape index (κ2) is 5.38. The number of aromatic nitrogens is 2. The summed E-state index contributed by atoms with van der Waals surface area (Å²) in [5.41, 5.74) is 1.38. The molecular weight excluding hydrogens is 300 g/mol. The molecule has 1 unspecified atom stereocenters. The highest BCUT2D eigenvalue weighted by atomic mass is 32.1. The van der Waals surface area contributed by atoms with Crippen LogP contribution in [0.25, 0.3) is 21.3 Å². The number of aryl methyl sites for hydroxylation is 1. The summed E-state index contributed by atoms with van der Waals surface area (Å²) in [4.78, 5) is 29.6. The van der Waals surface area contributed by atoms with Gasteiger partial charge >= 0.3 is 0 Å². The van der Waals surface area contributed by atoms with E-state index in [2.05, 4.69) is 4.98 Å². The van der Waals surface area contributed by atoms with Crippen molar-refractivity contribution in [3.8, 4) is 11.1 Å². The average molecular weight is 313 g/mol. The van der Waals surface area contributed by atoms with Crippen LogP contribution in [0.2, 0.25) is 0 Å². The third-order valence-electron chi connectivity index (χ3n) is 3.63. The van der Waals surface area contributed by atoms with E-state index in [4.69, 9.17) is 0 Å². The summed E-state index contributed by atoms with van der Waals surface area (Å²) in [6, 6.07) is 8.49. The zero-order chi connectivity index (χ0) is 15.9. The maximum atomic E-state index is 12.7. The number of aliphatic carboxylic acids is 1. The largest absolute Gasteiger partial charge is 0.548 e. The Morgan fingerprint density at radius 1 is 1.32 bits per heavy atom. The molecule has 0 spiro atoms. The molecule has 6 heteroatoms. The molecule has 3 aromatic rings. The van der Waals surface area contributed by atoms with Gasteiger partial charge in [0.15, 0.2) is 0 Å². The van der Waals surface area contributed by atoms with Crippen LogP contribution in [-0.4, -0.2) is 15.5 Å². The highest BCUT2D eigenvalue weighted by Gasteiger charge is 2.18. The van der Waals surface area contributed by atoms with Crippen LogP contribution in [0.1, 0.15) is 17.8 Å². The second-order valence-corrected chi connectivity index (χ2v) is 6.23. The second-order valence-electron chi connectivity index (χ2n) is 5.03. The van der Waals surface area contributed by atoms with Gasteiger partial charge in [0.1, 0.15) is 4.83 Å². The zero-order valence-electron chi connectivity index (χ0n) is 12.1. The van der Waals surface area contributed by atoms with E-state index in [1.165, 1.54) is 24.6 Å². The van der Waals surface area contributed by atoms with Crippen molar-refractivity contribution in [1.82, 2.24) is 9.55 Å². The molecular formula is C16H13N2O3S-. The molecule has 0 aliphatic heterocycles. The van der Waals surface area contributed by atoms with Crippen LogP contribution < -0.4 is 10.7 Å². The minimum atomic E-state index is -1.31. The topological polar surface area (TPSA) is 75.0 Å². The Morgan fingerprint density at radius 3 is 2.64 bits per heavy atom. The molecule has 0 N–H and O–H groups in total. The van der Waals surface area contributed by atoms with Gasteiger partial charge in [-0.2, -0.15) is 0 Å². The van der Waals surface area contributed by atoms with E-state index < -0.39 is 12.0 Å². The van der Waals surface area contributed by atoms with Gasteiger partial charge in [-0.25, -0.2) is 4.98 Å². The van der Waals surface area contributed by atoms with Gasteiger partial charge in [-0.1, -0.05) is 30.3 Å². The highest BCUT2D eigenvalue weighted by Crippen LogP contribution is 2.35. The van der Waals surface area contributed by atoms with Crippen LogP contribution in [0.3, 0.4) is 0 Å². The summed E-state index contributed by atoms with van der Waals surface area (Å²) < 4.78 is 1.11. The number of hydrogen-bond acceptors (Lipinski definition) is 5. The fraction of sp³-hybridized carbons (Fsp3) is 0.188. The van der Waals surface area contributed by atoms with Gasteiger partial charge < -0.3 is 9.90 Å². The summed E-state index contributed by atoms with van der Waals surface area (Å²) in [5.74, 6) is -1.31. The van der Waals surface area contributed by atoms with Gasteiger partial charge in [-0.15, -0.1) is 11.3 Å². The predicted octanol–water partition coefficient (Wildman–Crippen LogP) is 1.74. The van der Waals surface area contributed by atoms with Crippen molar-refractivity contribution < 1.29 is 9.90 Å². The lowest BCUT2D eigenvalue weighted by molar-refractivity contribution is -0.309. The van der Waals surface area contributed by atoms with Crippen LogP contribution >= 0.6 is 11.3 Å². The van der Waals surface area contributed by atoms with Crippen molar-refractivity contribution in [3.05, 3.63) is 51.9 Å². The van der Waals surface area contributed by atoms with Gasteiger partial charge in [-0.3, -0.25) is 9.36 Å². The number of benzene rings is 1. The standard InChI is InChI=1S/C16H14N2O3S/c1-9(16(20)21)18-8-17-14-13(15(18)19)12(10(2)22-14)11-6-4-3-5-7-11/h3-9H,1-2H3,(H,20,21)/p-1. The smallest absolute Gasteiger partial charge is 0.263 e. The Hall–Kier alpha value is -2.47. The molecule has 5 nitrogen and oxygen atoms in total. The van der Waals surface area contributed by atoms with Gasteiger partial charge in [0.25, 0.3) is 5.56 Å². The molecule has 0 saturated carbocycles. The Balaban J connectivity index is 2.35. The van der Waals surface area contributed by atoms with E-state index in [0.29, 0.717) is 10.2 Å². The molecule has 0 bridgehead atoms. The number of hydrogen-bond donors (Lipinski definition) is 0. The number of carboxylic acid groups (broad SMARTS) is 1. The normalized spacial score (nSPS) is 12.5. The molecule has 2 aromatic heterocycles. The van der Waals surface area contributed by atoms with Crippen LogP contribution in [-0.2, 0) is 4.79 Å². The van der Waals surface area contributed by atoms with Crippen LogP contribution in [0.15, 0.2) is 41.5 Å². The van der Waals surface area contributed by atoms with Crippen molar-refractivity contribution in [3.63, 3.8) is 0 Å². The Labute approximate surface area is 130 Å². The first-order valence-corrected chi connectivity index (χ1v) is 7.59. The first kappa shape index (κ1) is 14.5. The molecule has 2 heterocycles. The molecule has 1 atom stereocenters. The first-order chi connectivity index (χ1) is 10.5. The number of carboxylic acids is 1. The van der Waals surface area contributed by atoms with E-state index in [1.807, 2.05) is 37.3 Å². The molecule has 0 aliphatic carbocycles. The van der Waals surface area contributed by atoms with E-state index in [-0.39, 0.29) is 5.56 Å². The van der Waals surface area contributed by atoms with Crippen molar-refractivity contribution >= 4 is 27.5 Å².